The van der Waals surface area contributed by atoms with Crippen molar-refractivity contribution < 1.29 is 14.3 Å². The molecule has 3 atom stereocenters. The predicted molar refractivity (Wildman–Crippen MR) is 79.4 cm³/mol. The zero-order valence-corrected chi connectivity index (χ0v) is 13.2. The zero-order valence-electron chi connectivity index (χ0n) is 13.2. The molecule has 0 N–H and O–H groups in total. The third-order valence-corrected chi connectivity index (χ3v) is 4.32. The van der Waals surface area contributed by atoms with Crippen molar-refractivity contribution >= 4 is 5.97 Å². The number of fused-ring (bicyclic) bond motifs is 1. The Hall–Kier alpha value is -1.09. The van der Waals surface area contributed by atoms with Crippen molar-refractivity contribution in [1.29, 1.82) is 0 Å². The maximum Gasteiger partial charge on any atom is 0.303 e. The molecule has 0 unspecified atom stereocenters. The molecule has 3 heteroatoms. The van der Waals surface area contributed by atoms with Crippen molar-refractivity contribution in [2.45, 2.75) is 71.7 Å². The molecule has 0 saturated carbocycles. The van der Waals surface area contributed by atoms with Crippen LogP contribution in [0.25, 0.3) is 0 Å². The van der Waals surface area contributed by atoms with Crippen LogP contribution in [0.3, 0.4) is 0 Å². The van der Waals surface area contributed by atoms with Gasteiger partial charge >= 0.3 is 5.97 Å². The molecule has 1 fully saturated rings. The van der Waals surface area contributed by atoms with Crippen molar-refractivity contribution in [3.8, 4) is 0 Å². The van der Waals surface area contributed by atoms with E-state index in [0.717, 1.165) is 24.8 Å². The van der Waals surface area contributed by atoms with E-state index in [9.17, 15) is 4.79 Å². The summed E-state index contributed by atoms with van der Waals surface area (Å²) >= 11 is 0. The molecular formula is C17H26O3. The molecular weight excluding hydrogens is 252 g/mol. The first-order chi connectivity index (χ1) is 9.22. The minimum Gasteiger partial charge on any atom is -0.454 e. The summed E-state index contributed by atoms with van der Waals surface area (Å²) in [7, 11) is 0. The van der Waals surface area contributed by atoms with E-state index in [2.05, 4.69) is 32.9 Å². The highest BCUT2D eigenvalue weighted by atomic mass is 16.6. The first-order valence-corrected chi connectivity index (χ1v) is 7.43. The second kappa shape index (κ2) is 5.36. The van der Waals surface area contributed by atoms with Crippen LogP contribution in [0.15, 0.2) is 23.8 Å². The molecule has 1 heterocycles. The number of carbonyl (C=O) groups excluding carboxylic acids is 1. The highest BCUT2D eigenvalue weighted by Crippen LogP contribution is 2.47. The first-order valence-electron chi connectivity index (χ1n) is 7.43. The van der Waals surface area contributed by atoms with Gasteiger partial charge in [0.1, 0.15) is 6.10 Å². The quantitative estimate of drug-likeness (QED) is 0.416. The number of esters is 1. The van der Waals surface area contributed by atoms with E-state index in [-0.39, 0.29) is 23.1 Å². The summed E-state index contributed by atoms with van der Waals surface area (Å²) in [4.78, 5) is 11.2. The lowest BCUT2D eigenvalue weighted by molar-refractivity contribution is -0.142. The number of epoxide rings is 1. The minimum atomic E-state index is -0.241. The van der Waals surface area contributed by atoms with Gasteiger partial charge in [-0.25, -0.2) is 0 Å². The van der Waals surface area contributed by atoms with E-state index in [1.807, 2.05) is 13.0 Å². The van der Waals surface area contributed by atoms with Gasteiger partial charge in [0.2, 0.25) is 0 Å². The summed E-state index contributed by atoms with van der Waals surface area (Å²) in [5, 5.41) is 0. The van der Waals surface area contributed by atoms with Crippen molar-refractivity contribution in [3.05, 3.63) is 23.8 Å². The average Bonchev–Trinajstić information content (AvgIpc) is 2.92. The van der Waals surface area contributed by atoms with Crippen molar-refractivity contribution in [2.75, 3.05) is 0 Å². The van der Waals surface area contributed by atoms with Gasteiger partial charge in [-0.1, -0.05) is 26.0 Å². The molecule has 0 amide bonds. The second-order valence-electron chi connectivity index (χ2n) is 6.99. The van der Waals surface area contributed by atoms with Crippen LogP contribution >= 0.6 is 0 Å². The summed E-state index contributed by atoms with van der Waals surface area (Å²) in [5.41, 5.74) is 1.17. The highest BCUT2D eigenvalue weighted by Gasteiger charge is 2.52. The van der Waals surface area contributed by atoms with Crippen LogP contribution in [-0.4, -0.2) is 23.8 Å². The lowest BCUT2D eigenvalue weighted by atomic mass is 9.83. The second-order valence-corrected chi connectivity index (χ2v) is 6.99. The molecule has 1 aliphatic heterocycles. The van der Waals surface area contributed by atoms with E-state index >= 15 is 0 Å². The number of hydrogen-bond acceptors (Lipinski definition) is 3. The Bertz CT molecular complexity index is 447. The predicted octanol–water partition coefficient (Wildman–Crippen LogP) is 3.79. The smallest absolute Gasteiger partial charge is 0.303 e. The van der Waals surface area contributed by atoms with Crippen LogP contribution < -0.4 is 0 Å². The Morgan fingerprint density at radius 3 is 2.75 bits per heavy atom. The van der Waals surface area contributed by atoms with Crippen LogP contribution in [0.1, 0.15) is 53.9 Å². The number of carbonyl (C=O) groups is 1. The molecule has 1 saturated heterocycles. The normalized spacial score (nSPS) is 36.4. The molecule has 0 spiro atoms. The van der Waals surface area contributed by atoms with Gasteiger partial charge < -0.3 is 9.47 Å². The van der Waals surface area contributed by atoms with Crippen LogP contribution in [0.5, 0.6) is 0 Å². The van der Waals surface area contributed by atoms with Crippen LogP contribution in [0, 0.1) is 5.41 Å². The van der Waals surface area contributed by atoms with Crippen LogP contribution in [0.2, 0.25) is 0 Å². The number of hydrogen-bond donors (Lipinski definition) is 0. The number of rotatable bonds is 1. The fourth-order valence-electron chi connectivity index (χ4n) is 2.83. The summed E-state index contributed by atoms with van der Waals surface area (Å²) < 4.78 is 11.3. The lowest BCUT2D eigenvalue weighted by Crippen LogP contribution is -2.18. The molecule has 0 aromatic carbocycles. The van der Waals surface area contributed by atoms with E-state index in [0.29, 0.717) is 6.10 Å². The maximum atomic E-state index is 11.2. The Labute approximate surface area is 122 Å². The molecule has 20 heavy (non-hydrogen) atoms. The topological polar surface area (TPSA) is 38.8 Å². The van der Waals surface area contributed by atoms with E-state index in [1.165, 1.54) is 6.92 Å². The fourth-order valence-corrected chi connectivity index (χ4v) is 2.83. The molecule has 2 aliphatic rings. The lowest BCUT2D eigenvalue weighted by Gasteiger charge is -2.21. The third kappa shape index (κ3) is 3.72. The molecule has 0 aromatic heterocycles. The number of ether oxygens (including phenoxy) is 2. The van der Waals surface area contributed by atoms with Gasteiger partial charge in [0.05, 0.1) is 11.7 Å². The molecule has 0 aromatic rings. The monoisotopic (exact) mass is 278 g/mol. The van der Waals surface area contributed by atoms with Crippen molar-refractivity contribution in [2.24, 2.45) is 5.41 Å². The maximum absolute atomic E-state index is 11.2. The van der Waals surface area contributed by atoms with Gasteiger partial charge in [-0.05, 0) is 50.2 Å². The standard InChI is InChI=1S/C17H26O3/c1-12-7-6-9-17(5)15(20-17)11-16(3,4)10-8-14(12)19-13(2)18/h7-8,10,14-15H,6,9,11H2,1-5H3/t14-,15-,17-/m0/s1. The van der Waals surface area contributed by atoms with E-state index in [1.54, 1.807) is 0 Å². The van der Waals surface area contributed by atoms with Crippen molar-refractivity contribution in [3.63, 3.8) is 0 Å². The molecule has 1 aliphatic carbocycles. The molecule has 112 valence electrons. The number of allylic oxidation sites excluding steroid dienone is 2. The summed E-state index contributed by atoms with van der Waals surface area (Å²) in [5.74, 6) is -0.238. The Balaban J connectivity index is 2.21. The largest absolute Gasteiger partial charge is 0.454 e. The molecule has 0 bridgehead atoms. The Morgan fingerprint density at radius 1 is 1.40 bits per heavy atom. The van der Waals surface area contributed by atoms with Gasteiger partial charge in [0, 0.05) is 6.92 Å². The summed E-state index contributed by atoms with van der Waals surface area (Å²) in [6.07, 6.45) is 9.44. The molecule has 0 radical (unpaired) electrons. The van der Waals surface area contributed by atoms with Crippen molar-refractivity contribution in [1.82, 2.24) is 0 Å². The molecule has 3 nitrogen and oxygen atoms in total. The van der Waals surface area contributed by atoms with Crippen LogP contribution in [0.4, 0.5) is 0 Å². The summed E-state index contributed by atoms with van der Waals surface area (Å²) in [6, 6.07) is 0. The Morgan fingerprint density at radius 2 is 2.10 bits per heavy atom. The van der Waals surface area contributed by atoms with Gasteiger partial charge in [0.15, 0.2) is 0 Å². The third-order valence-electron chi connectivity index (χ3n) is 4.32. The van der Waals surface area contributed by atoms with Gasteiger partial charge in [0.25, 0.3) is 0 Å². The summed E-state index contributed by atoms with van der Waals surface area (Å²) in [6.45, 7) is 10.1. The van der Waals surface area contributed by atoms with Crippen LogP contribution in [-0.2, 0) is 14.3 Å². The average molecular weight is 278 g/mol. The van der Waals surface area contributed by atoms with E-state index < -0.39 is 0 Å². The fraction of sp³-hybridized carbons (Fsp3) is 0.706. The Kier molecular flexibility index (Phi) is 4.10. The van der Waals surface area contributed by atoms with Gasteiger partial charge in [-0.2, -0.15) is 0 Å². The SMILES string of the molecule is CC(=O)O[C@H]1C=CC(C)(C)C[C@@H]2O[C@@]2(C)CCC=C1C. The first kappa shape index (κ1) is 15.3. The zero-order chi connectivity index (χ0) is 15.0. The van der Waals surface area contributed by atoms with Gasteiger partial charge in [-0.3, -0.25) is 4.79 Å². The highest BCUT2D eigenvalue weighted by molar-refractivity contribution is 5.66. The van der Waals surface area contributed by atoms with Gasteiger partial charge in [-0.15, -0.1) is 0 Å². The minimum absolute atomic E-state index is 0.0309. The molecule has 2 rings (SSSR count). The van der Waals surface area contributed by atoms with E-state index in [4.69, 9.17) is 9.47 Å².